The van der Waals surface area contributed by atoms with Crippen LogP contribution in [0, 0.1) is 11.3 Å². The maximum atomic E-state index is 13.2. The fraction of sp³-hybridized carbons (Fsp3) is 0.448. The molecule has 2 aromatic carbocycles. The molecule has 1 unspecified atom stereocenters. The number of aromatic nitrogens is 1. The van der Waals surface area contributed by atoms with Gasteiger partial charge >= 0.3 is 0 Å². The Balaban J connectivity index is 1.28. The van der Waals surface area contributed by atoms with Gasteiger partial charge in [0, 0.05) is 42.0 Å². The average molecular weight is 488 g/mol. The molecule has 2 saturated carbocycles. The second kappa shape index (κ2) is 9.19. The molecule has 36 heavy (non-hydrogen) atoms. The fourth-order valence-electron chi connectivity index (χ4n) is 5.73. The number of aromatic amines is 1. The summed E-state index contributed by atoms with van der Waals surface area (Å²) in [7, 11) is 1.64. The smallest absolute Gasteiger partial charge is 0.239 e. The van der Waals surface area contributed by atoms with Crippen LogP contribution in [0.1, 0.15) is 42.5 Å². The van der Waals surface area contributed by atoms with E-state index in [0.717, 1.165) is 42.5 Å². The highest BCUT2D eigenvalue weighted by Crippen LogP contribution is 2.70. The number of fused-ring (bicyclic) bond motifs is 5. The molecule has 1 aromatic heterocycles. The number of rotatable bonds is 2. The minimum absolute atomic E-state index is 0.0994. The Kier molecular flexibility index (Phi) is 5.86. The molecule has 3 aliphatic rings. The first-order chi connectivity index (χ1) is 17.6. The molecule has 7 nitrogen and oxygen atoms in total. The molecule has 1 atom stereocenters. The third kappa shape index (κ3) is 4.43. The number of nitrogens with zero attached hydrogens (tertiary/aromatic N) is 1. The van der Waals surface area contributed by atoms with Gasteiger partial charge in [-0.2, -0.15) is 0 Å². The van der Waals surface area contributed by atoms with E-state index in [1.807, 2.05) is 24.3 Å². The van der Waals surface area contributed by atoms with Crippen LogP contribution in [0.3, 0.4) is 0 Å². The summed E-state index contributed by atoms with van der Waals surface area (Å²) in [5.41, 5.74) is 4.81. The third-order valence-electron chi connectivity index (χ3n) is 8.06. The molecule has 2 amide bonds. The molecular weight excluding hydrogens is 454 g/mol. The number of H-pyrrole nitrogens is 1. The van der Waals surface area contributed by atoms with E-state index in [1.54, 1.807) is 12.0 Å². The van der Waals surface area contributed by atoms with Gasteiger partial charge in [0.1, 0.15) is 0 Å². The van der Waals surface area contributed by atoms with Crippen molar-refractivity contribution in [3.05, 3.63) is 59.3 Å². The molecule has 2 N–H and O–H groups in total. The van der Waals surface area contributed by atoms with E-state index in [4.69, 9.17) is 9.47 Å². The predicted octanol–water partition coefficient (Wildman–Crippen LogP) is 3.84. The molecule has 3 aromatic rings. The second-order valence-corrected chi connectivity index (χ2v) is 10.5. The number of methoxy groups -OCH3 is 1. The molecule has 2 fully saturated rings. The van der Waals surface area contributed by atoms with Gasteiger partial charge in [0.05, 0.1) is 20.3 Å². The normalized spacial score (nSPS) is 21.4. The Bertz CT molecular complexity index is 1310. The lowest BCUT2D eigenvalue weighted by atomic mass is 10.0. The Hall–Kier alpha value is -3.48. The molecule has 1 spiro atoms. The van der Waals surface area contributed by atoms with Gasteiger partial charge in [-0.05, 0) is 66.8 Å². The molecule has 6 rings (SSSR count). The Labute approximate surface area is 211 Å². The zero-order chi connectivity index (χ0) is 24.7. The molecule has 2 bridgehead atoms. The molecule has 0 radical (unpaired) electrons. The quantitative estimate of drug-likeness (QED) is 0.575. The van der Waals surface area contributed by atoms with Crippen molar-refractivity contribution in [1.29, 1.82) is 0 Å². The van der Waals surface area contributed by atoms with Gasteiger partial charge in [-0.1, -0.05) is 24.3 Å². The second-order valence-electron chi connectivity index (χ2n) is 10.5. The topological polar surface area (TPSA) is 83.7 Å². The van der Waals surface area contributed by atoms with Gasteiger partial charge in [0.2, 0.25) is 11.8 Å². The Morgan fingerprint density at radius 1 is 1.19 bits per heavy atom. The predicted molar refractivity (Wildman–Crippen MR) is 137 cm³/mol. The standard InChI is InChI=1S/C29H33N3O4/c1-35-25-8-7-19-15-24-21(20-5-2-3-6-23(20)31-24)9-12-30-27(33)18-32(13-4-14-36-26(25)16-19)28(34)22-17-29(22)10-11-29/h2-3,5-8,16,22,31H,4,9-15,17-18H2,1H3,(H,30,33). The molecular formula is C29H33N3O4. The van der Waals surface area contributed by atoms with Gasteiger partial charge in [-0.3, -0.25) is 9.59 Å². The highest BCUT2D eigenvalue weighted by molar-refractivity contribution is 5.88. The van der Waals surface area contributed by atoms with Crippen LogP contribution in [0.15, 0.2) is 42.5 Å². The van der Waals surface area contributed by atoms with Crippen molar-refractivity contribution < 1.29 is 19.1 Å². The van der Waals surface area contributed by atoms with E-state index in [1.165, 1.54) is 10.9 Å². The minimum atomic E-state index is -0.102. The first-order valence-electron chi connectivity index (χ1n) is 13.0. The van der Waals surface area contributed by atoms with E-state index in [9.17, 15) is 9.59 Å². The number of benzene rings is 2. The maximum Gasteiger partial charge on any atom is 0.239 e. The fourth-order valence-corrected chi connectivity index (χ4v) is 5.73. The van der Waals surface area contributed by atoms with Gasteiger partial charge in [-0.25, -0.2) is 0 Å². The molecule has 1 aliphatic heterocycles. The van der Waals surface area contributed by atoms with Crippen molar-refractivity contribution in [3.63, 3.8) is 0 Å². The highest BCUT2D eigenvalue weighted by atomic mass is 16.5. The minimum Gasteiger partial charge on any atom is -0.493 e. The molecule has 2 heterocycles. The van der Waals surface area contributed by atoms with Crippen molar-refractivity contribution in [2.45, 2.75) is 38.5 Å². The van der Waals surface area contributed by atoms with Crippen molar-refractivity contribution in [2.24, 2.45) is 11.3 Å². The molecule has 188 valence electrons. The van der Waals surface area contributed by atoms with E-state index in [0.29, 0.717) is 44.0 Å². The number of carbonyl (C=O) groups is 2. The largest absolute Gasteiger partial charge is 0.493 e. The van der Waals surface area contributed by atoms with Crippen LogP contribution in [-0.4, -0.2) is 55.0 Å². The number of para-hydroxylation sites is 1. The summed E-state index contributed by atoms with van der Waals surface area (Å²) in [6.45, 7) is 1.58. The van der Waals surface area contributed by atoms with E-state index < -0.39 is 0 Å². The van der Waals surface area contributed by atoms with Gasteiger partial charge in [0.25, 0.3) is 0 Å². The maximum absolute atomic E-state index is 13.2. The number of carbonyl (C=O) groups excluding carboxylic acids is 2. The molecule has 2 aliphatic carbocycles. The lowest BCUT2D eigenvalue weighted by Gasteiger charge is -2.23. The molecule has 7 heteroatoms. The number of nitrogens with one attached hydrogen (secondary N) is 2. The Morgan fingerprint density at radius 2 is 2.06 bits per heavy atom. The summed E-state index contributed by atoms with van der Waals surface area (Å²) >= 11 is 0. The first kappa shape index (κ1) is 23.0. The van der Waals surface area contributed by atoms with Crippen LogP contribution in [0.4, 0.5) is 0 Å². The van der Waals surface area contributed by atoms with Gasteiger partial charge < -0.3 is 24.7 Å². The van der Waals surface area contributed by atoms with E-state index in [2.05, 4.69) is 28.5 Å². The number of amides is 2. The van der Waals surface area contributed by atoms with Crippen molar-refractivity contribution >= 4 is 22.7 Å². The van der Waals surface area contributed by atoms with Crippen LogP contribution < -0.4 is 14.8 Å². The van der Waals surface area contributed by atoms with Crippen molar-refractivity contribution in [2.75, 3.05) is 33.4 Å². The zero-order valence-corrected chi connectivity index (χ0v) is 20.8. The third-order valence-corrected chi connectivity index (χ3v) is 8.06. The van der Waals surface area contributed by atoms with Crippen LogP contribution in [0.2, 0.25) is 0 Å². The monoisotopic (exact) mass is 487 g/mol. The molecule has 0 saturated heterocycles. The zero-order valence-electron chi connectivity index (χ0n) is 20.8. The van der Waals surface area contributed by atoms with Gasteiger partial charge in [0.15, 0.2) is 11.5 Å². The summed E-state index contributed by atoms with van der Waals surface area (Å²) in [5, 5.41) is 4.24. The number of hydrogen-bond acceptors (Lipinski definition) is 4. The summed E-state index contributed by atoms with van der Waals surface area (Å²) in [6.07, 6.45) is 5.37. The van der Waals surface area contributed by atoms with Gasteiger partial charge in [-0.15, -0.1) is 0 Å². The number of hydrogen-bond donors (Lipinski definition) is 2. The van der Waals surface area contributed by atoms with E-state index >= 15 is 0 Å². The summed E-state index contributed by atoms with van der Waals surface area (Å²) in [5.74, 6) is 1.52. The summed E-state index contributed by atoms with van der Waals surface area (Å²) < 4.78 is 11.7. The van der Waals surface area contributed by atoms with Crippen LogP contribution in [0.25, 0.3) is 10.9 Å². The van der Waals surface area contributed by atoms with E-state index in [-0.39, 0.29) is 29.7 Å². The van der Waals surface area contributed by atoms with Crippen LogP contribution in [0.5, 0.6) is 11.5 Å². The Morgan fingerprint density at radius 3 is 2.86 bits per heavy atom. The lowest BCUT2D eigenvalue weighted by Crippen LogP contribution is -2.43. The van der Waals surface area contributed by atoms with Crippen LogP contribution >= 0.6 is 0 Å². The average Bonchev–Trinajstić information content (AvgIpc) is 3.79. The summed E-state index contributed by atoms with van der Waals surface area (Å²) in [6, 6.07) is 14.3. The van der Waals surface area contributed by atoms with Crippen molar-refractivity contribution in [3.8, 4) is 11.5 Å². The van der Waals surface area contributed by atoms with Crippen molar-refractivity contribution in [1.82, 2.24) is 15.2 Å². The number of ether oxygens (including phenoxy) is 2. The first-order valence-corrected chi connectivity index (χ1v) is 13.0. The lowest BCUT2D eigenvalue weighted by molar-refractivity contribution is -0.137. The van der Waals surface area contributed by atoms with Crippen LogP contribution in [-0.2, 0) is 22.4 Å². The SMILES string of the molecule is COc1ccc2cc1OCCCN(C(=O)C1CC13CC3)CC(=O)NCCc1c([nH]c3ccccc13)C2. The highest BCUT2D eigenvalue weighted by Gasteiger charge is 2.66. The summed E-state index contributed by atoms with van der Waals surface area (Å²) in [4.78, 5) is 31.4.